The van der Waals surface area contributed by atoms with Gasteiger partial charge in [0.25, 0.3) is 0 Å². The number of aryl methyl sites for hydroxylation is 1. The molecule has 0 unspecified atom stereocenters. The highest BCUT2D eigenvalue weighted by Crippen LogP contribution is 2.34. The molecule has 0 saturated heterocycles. The van der Waals surface area contributed by atoms with Gasteiger partial charge in [-0.05, 0) is 68.4 Å². The molecule has 2 aromatic carbocycles. The Morgan fingerprint density at radius 3 is 2.55 bits per heavy atom. The van der Waals surface area contributed by atoms with E-state index < -0.39 is 0 Å². The molecule has 1 N–H and O–H groups in total. The quantitative estimate of drug-likeness (QED) is 0.854. The van der Waals surface area contributed by atoms with Crippen LogP contribution < -0.4 is 10.2 Å². The fraction of sp³-hybridized carbons (Fsp3) is 0.375. The summed E-state index contributed by atoms with van der Waals surface area (Å²) in [5.41, 5.74) is 3.48. The highest BCUT2D eigenvalue weighted by Gasteiger charge is 2.33. The van der Waals surface area contributed by atoms with Crippen LogP contribution in [0.5, 0.6) is 0 Å². The second-order valence-corrected chi connectivity index (χ2v) is 7.95. The SMILES string of the molecule is N#Cc1cccc(NC(=O)C2CCC(C(=O)N3CCCc4ccccc43)CC2)c1. The van der Waals surface area contributed by atoms with Crippen molar-refractivity contribution in [2.24, 2.45) is 11.8 Å². The first-order valence-corrected chi connectivity index (χ1v) is 10.4. The summed E-state index contributed by atoms with van der Waals surface area (Å²) in [5, 5.41) is 11.9. The number of carbonyl (C=O) groups is 2. The Balaban J connectivity index is 1.35. The molecule has 29 heavy (non-hydrogen) atoms. The highest BCUT2D eigenvalue weighted by atomic mass is 16.2. The van der Waals surface area contributed by atoms with Crippen molar-refractivity contribution in [1.82, 2.24) is 0 Å². The Bertz CT molecular complexity index is 955. The predicted octanol–water partition coefficient (Wildman–Crippen LogP) is 4.28. The molecule has 0 spiro atoms. The van der Waals surface area contributed by atoms with Gasteiger partial charge in [0.15, 0.2) is 0 Å². The number of para-hydroxylation sites is 1. The smallest absolute Gasteiger partial charge is 0.230 e. The number of fused-ring (bicyclic) bond motifs is 1. The lowest BCUT2D eigenvalue weighted by molar-refractivity contribution is -0.126. The third kappa shape index (κ3) is 4.17. The van der Waals surface area contributed by atoms with Crippen LogP contribution in [0.2, 0.25) is 0 Å². The number of carbonyl (C=O) groups excluding carboxylic acids is 2. The van der Waals surface area contributed by atoms with E-state index in [0.29, 0.717) is 11.3 Å². The molecule has 1 saturated carbocycles. The normalized spacial score (nSPS) is 21.0. The van der Waals surface area contributed by atoms with E-state index in [1.54, 1.807) is 24.3 Å². The molecule has 1 heterocycles. The van der Waals surface area contributed by atoms with E-state index in [4.69, 9.17) is 5.26 Å². The zero-order valence-electron chi connectivity index (χ0n) is 16.4. The summed E-state index contributed by atoms with van der Waals surface area (Å²) >= 11 is 0. The molecule has 2 aliphatic rings. The van der Waals surface area contributed by atoms with E-state index in [2.05, 4.69) is 17.5 Å². The zero-order chi connectivity index (χ0) is 20.2. The molecular formula is C24H25N3O2. The first kappa shape index (κ1) is 19.2. The second-order valence-electron chi connectivity index (χ2n) is 7.95. The number of nitrogens with zero attached hydrogens (tertiary/aromatic N) is 2. The van der Waals surface area contributed by atoms with E-state index in [-0.39, 0.29) is 23.7 Å². The van der Waals surface area contributed by atoms with Crippen molar-refractivity contribution in [3.63, 3.8) is 0 Å². The lowest BCUT2D eigenvalue weighted by Crippen LogP contribution is -2.41. The number of hydrogen-bond acceptors (Lipinski definition) is 3. The minimum atomic E-state index is -0.0848. The highest BCUT2D eigenvalue weighted by molar-refractivity contribution is 5.97. The van der Waals surface area contributed by atoms with Crippen molar-refractivity contribution >= 4 is 23.2 Å². The maximum absolute atomic E-state index is 13.1. The van der Waals surface area contributed by atoms with Crippen LogP contribution in [0.15, 0.2) is 48.5 Å². The van der Waals surface area contributed by atoms with E-state index in [1.165, 1.54) is 5.56 Å². The Labute approximate surface area is 171 Å². The van der Waals surface area contributed by atoms with Crippen LogP contribution in [0.4, 0.5) is 11.4 Å². The summed E-state index contributed by atoms with van der Waals surface area (Å²) in [6, 6.07) is 17.2. The molecule has 0 aromatic heterocycles. The molecule has 2 aromatic rings. The summed E-state index contributed by atoms with van der Waals surface area (Å²) in [4.78, 5) is 27.7. The number of rotatable bonds is 3. The number of hydrogen-bond donors (Lipinski definition) is 1. The van der Waals surface area contributed by atoms with Crippen molar-refractivity contribution in [3.05, 3.63) is 59.7 Å². The van der Waals surface area contributed by atoms with Crippen molar-refractivity contribution < 1.29 is 9.59 Å². The number of benzene rings is 2. The Morgan fingerprint density at radius 1 is 1.00 bits per heavy atom. The summed E-state index contributed by atoms with van der Waals surface area (Å²) in [6.07, 6.45) is 4.95. The van der Waals surface area contributed by atoms with Gasteiger partial charge in [0.05, 0.1) is 11.6 Å². The largest absolute Gasteiger partial charge is 0.326 e. The molecule has 4 rings (SSSR count). The average molecular weight is 387 g/mol. The number of amides is 2. The predicted molar refractivity (Wildman–Crippen MR) is 112 cm³/mol. The Hall–Kier alpha value is -3.13. The summed E-state index contributed by atoms with van der Waals surface area (Å²) in [7, 11) is 0. The lowest BCUT2D eigenvalue weighted by Gasteiger charge is -2.34. The summed E-state index contributed by atoms with van der Waals surface area (Å²) in [6.45, 7) is 0.783. The first-order valence-electron chi connectivity index (χ1n) is 10.4. The van der Waals surface area contributed by atoms with E-state index in [0.717, 1.165) is 50.8 Å². The van der Waals surface area contributed by atoms with E-state index in [9.17, 15) is 9.59 Å². The number of nitrogens with one attached hydrogen (secondary N) is 1. The maximum atomic E-state index is 13.1. The minimum Gasteiger partial charge on any atom is -0.326 e. The summed E-state index contributed by atoms with van der Waals surface area (Å²) in [5.74, 6) is 0.0950. The standard InChI is InChI=1S/C24H25N3O2/c25-16-17-5-3-8-21(15-17)26-23(28)19-10-12-20(13-11-19)24(29)27-14-4-7-18-6-1-2-9-22(18)27/h1-3,5-6,8-9,15,19-20H,4,7,10-14H2,(H,26,28). The van der Waals surface area contributed by atoms with Crippen LogP contribution in [0.25, 0.3) is 0 Å². The van der Waals surface area contributed by atoms with Gasteiger partial charge in [-0.1, -0.05) is 24.3 Å². The molecule has 0 bridgehead atoms. The lowest BCUT2D eigenvalue weighted by atomic mass is 9.80. The van der Waals surface area contributed by atoms with E-state index >= 15 is 0 Å². The van der Waals surface area contributed by atoms with Gasteiger partial charge in [0, 0.05) is 29.8 Å². The number of nitriles is 1. The molecule has 5 nitrogen and oxygen atoms in total. The second kappa shape index (κ2) is 8.48. The van der Waals surface area contributed by atoms with Gasteiger partial charge >= 0.3 is 0 Å². The monoisotopic (exact) mass is 387 g/mol. The van der Waals surface area contributed by atoms with Gasteiger partial charge in [-0.25, -0.2) is 0 Å². The average Bonchev–Trinajstić information content (AvgIpc) is 2.78. The first-order chi connectivity index (χ1) is 14.2. The van der Waals surface area contributed by atoms with Crippen LogP contribution >= 0.6 is 0 Å². The van der Waals surface area contributed by atoms with E-state index in [1.807, 2.05) is 23.1 Å². The molecule has 0 radical (unpaired) electrons. The van der Waals surface area contributed by atoms with Crippen molar-refractivity contribution in [2.45, 2.75) is 38.5 Å². The van der Waals surface area contributed by atoms with Crippen LogP contribution in [-0.4, -0.2) is 18.4 Å². The van der Waals surface area contributed by atoms with Gasteiger partial charge in [0.2, 0.25) is 11.8 Å². The van der Waals surface area contributed by atoms with Gasteiger partial charge < -0.3 is 10.2 Å². The molecule has 1 aliphatic heterocycles. The van der Waals surface area contributed by atoms with Gasteiger partial charge in [-0.3, -0.25) is 9.59 Å². The molecule has 148 valence electrons. The fourth-order valence-corrected chi connectivity index (χ4v) is 4.50. The van der Waals surface area contributed by atoms with Crippen molar-refractivity contribution in [3.8, 4) is 6.07 Å². The minimum absolute atomic E-state index is 0.00729. The molecule has 2 amide bonds. The third-order valence-corrected chi connectivity index (χ3v) is 6.08. The topological polar surface area (TPSA) is 73.2 Å². The van der Waals surface area contributed by atoms with Gasteiger partial charge in [0.1, 0.15) is 0 Å². The molecule has 0 atom stereocenters. The van der Waals surface area contributed by atoms with Crippen LogP contribution in [0.3, 0.4) is 0 Å². The van der Waals surface area contributed by atoms with Crippen molar-refractivity contribution in [2.75, 3.05) is 16.8 Å². The van der Waals surface area contributed by atoms with Gasteiger partial charge in [-0.2, -0.15) is 5.26 Å². The zero-order valence-corrected chi connectivity index (χ0v) is 16.4. The third-order valence-electron chi connectivity index (χ3n) is 6.08. The molecule has 5 heteroatoms. The van der Waals surface area contributed by atoms with Crippen LogP contribution in [0, 0.1) is 23.2 Å². The van der Waals surface area contributed by atoms with Crippen LogP contribution in [-0.2, 0) is 16.0 Å². The molecule has 1 aliphatic carbocycles. The van der Waals surface area contributed by atoms with Crippen molar-refractivity contribution in [1.29, 1.82) is 5.26 Å². The fourth-order valence-electron chi connectivity index (χ4n) is 4.50. The Morgan fingerprint density at radius 2 is 1.76 bits per heavy atom. The molecule has 1 fully saturated rings. The summed E-state index contributed by atoms with van der Waals surface area (Å²) < 4.78 is 0. The van der Waals surface area contributed by atoms with Gasteiger partial charge in [-0.15, -0.1) is 0 Å². The Kier molecular flexibility index (Phi) is 5.62. The molecular weight excluding hydrogens is 362 g/mol. The number of anilines is 2. The maximum Gasteiger partial charge on any atom is 0.230 e. The van der Waals surface area contributed by atoms with Crippen LogP contribution in [0.1, 0.15) is 43.2 Å².